The average molecular weight is 415 g/mol. The fourth-order valence-electron chi connectivity index (χ4n) is 3.17. The van der Waals surface area contributed by atoms with Crippen molar-refractivity contribution in [2.24, 2.45) is 0 Å². The Morgan fingerprint density at radius 3 is 2.59 bits per heavy atom. The normalized spacial score (nSPS) is 14.0. The van der Waals surface area contributed by atoms with Gasteiger partial charge in [0.05, 0.1) is 18.5 Å². The van der Waals surface area contributed by atoms with E-state index in [1.54, 1.807) is 0 Å². The third-order valence-corrected chi connectivity index (χ3v) is 6.15. The van der Waals surface area contributed by atoms with Crippen molar-refractivity contribution in [3.8, 4) is 0 Å². The van der Waals surface area contributed by atoms with E-state index in [1.165, 1.54) is 16.0 Å². The first-order valence-corrected chi connectivity index (χ1v) is 11.6. The molecule has 0 spiro atoms. The summed E-state index contributed by atoms with van der Waals surface area (Å²) in [6.45, 7) is 14.5. The van der Waals surface area contributed by atoms with Crippen molar-refractivity contribution < 1.29 is 10.6 Å². The molecular weight excluding hydrogens is 376 g/mol. The van der Waals surface area contributed by atoms with Gasteiger partial charge in [-0.1, -0.05) is 69.3 Å². The molecule has 0 aliphatic rings. The maximum atomic E-state index is 5.93. The standard InChI is InChI=1S/C26H36O2S.H2/c1-6-11-25(29-22(5)26-15-14-24(7-2)28-26)18-20(3)16-17-27-19-21(4)23-12-9-8-10-13-23;/h8-15,21-22H,3,6-7,16-19H2,1-2,4-5H3;1H/b25-11+;/t21-,22?;/m0./s1. The smallest absolute Gasteiger partial charge is 0.117 e. The molecule has 3 heteroatoms. The van der Waals surface area contributed by atoms with E-state index in [0.29, 0.717) is 11.2 Å². The number of thioether (sulfide) groups is 1. The molecule has 0 saturated carbocycles. The lowest BCUT2D eigenvalue weighted by Crippen LogP contribution is -2.06. The van der Waals surface area contributed by atoms with Crippen molar-refractivity contribution >= 4 is 11.8 Å². The van der Waals surface area contributed by atoms with Crippen molar-refractivity contribution in [2.75, 3.05) is 13.2 Å². The second kappa shape index (κ2) is 12.8. The largest absolute Gasteiger partial charge is 0.465 e. The zero-order valence-corrected chi connectivity index (χ0v) is 19.3. The maximum absolute atomic E-state index is 5.93. The number of aryl methyl sites for hydroxylation is 1. The van der Waals surface area contributed by atoms with Crippen LogP contribution in [0.25, 0.3) is 0 Å². The Hall–Kier alpha value is -1.71. The topological polar surface area (TPSA) is 22.4 Å². The SMILES string of the molecule is C=C(CCOC[C@H](C)c1ccccc1)C/C(=C\CC)SC(C)c1ccc(CC)o1.[HH]. The van der Waals surface area contributed by atoms with Crippen molar-refractivity contribution in [1.82, 2.24) is 0 Å². The van der Waals surface area contributed by atoms with Crippen LogP contribution in [-0.4, -0.2) is 13.2 Å². The van der Waals surface area contributed by atoms with Gasteiger partial charge in [-0.15, -0.1) is 11.8 Å². The lowest BCUT2D eigenvalue weighted by Gasteiger charge is -2.15. The summed E-state index contributed by atoms with van der Waals surface area (Å²) in [5.41, 5.74) is 2.56. The van der Waals surface area contributed by atoms with Crippen LogP contribution < -0.4 is 0 Å². The van der Waals surface area contributed by atoms with Gasteiger partial charge in [-0.2, -0.15) is 0 Å². The number of allylic oxidation sites excluding steroid dienone is 2. The van der Waals surface area contributed by atoms with Gasteiger partial charge in [-0.3, -0.25) is 0 Å². The first-order valence-electron chi connectivity index (χ1n) is 10.8. The van der Waals surface area contributed by atoms with Crippen LogP contribution in [0.4, 0.5) is 0 Å². The molecule has 160 valence electrons. The van der Waals surface area contributed by atoms with Gasteiger partial charge >= 0.3 is 0 Å². The fraction of sp³-hybridized carbons (Fsp3) is 0.462. The van der Waals surface area contributed by atoms with Crippen LogP contribution in [-0.2, 0) is 11.2 Å². The molecule has 0 aliphatic carbocycles. The third kappa shape index (κ3) is 8.28. The molecule has 1 aromatic heterocycles. The molecule has 2 nitrogen and oxygen atoms in total. The minimum absolute atomic E-state index is 0. The monoisotopic (exact) mass is 414 g/mol. The van der Waals surface area contributed by atoms with Gasteiger partial charge in [-0.25, -0.2) is 0 Å². The van der Waals surface area contributed by atoms with Gasteiger partial charge in [0.2, 0.25) is 0 Å². The molecule has 0 fully saturated rings. The molecule has 0 aliphatic heterocycles. The summed E-state index contributed by atoms with van der Waals surface area (Å²) in [6, 6.07) is 14.7. The summed E-state index contributed by atoms with van der Waals surface area (Å²) in [4.78, 5) is 1.37. The molecule has 2 atom stereocenters. The molecule has 29 heavy (non-hydrogen) atoms. The molecular formula is C26H38O2S. The summed E-state index contributed by atoms with van der Waals surface area (Å²) >= 11 is 1.88. The van der Waals surface area contributed by atoms with Gasteiger partial charge < -0.3 is 9.15 Å². The molecule has 0 radical (unpaired) electrons. The Morgan fingerprint density at radius 1 is 1.17 bits per heavy atom. The maximum Gasteiger partial charge on any atom is 0.117 e. The molecule has 0 N–H and O–H groups in total. The number of rotatable bonds is 13. The van der Waals surface area contributed by atoms with Crippen molar-refractivity contribution in [2.45, 2.75) is 64.5 Å². The lowest BCUT2D eigenvalue weighted by molar-refractivity contribution is 0.126. The van der Waals surface area contributed by atoms with Crippen molar-refractivity contribution in [3.63, 3.8) is 0 Å². The molecule has 0 bridgehead atoms. The van der Waals surface area contributed by atoms with Crippen LogP contribution in [0, 0.1) is 0 Å². The Bertz CT molecular complexity index is 766. The van der Waals surface area contributed by atoms with Gasteiger partial charge in [0.1, 0.15) is 11.5 Å². The Morgan fingerprint density at radius 2 is 1.93 bits per heavy atom. The number of hydrogen-bond acceptors (Lipinski definition) is 3. The van der Waals surface area contributed by atoms with Crippen LogP contribution in [0.1, 0.15) is 76.6 Å². The van der Waals surface area contributed by atoms with Crippen LogP contribution in [0.15, 0.2) is 70.0 Å². The molecule has 0 amide bonds. The van der Waals surface area contributed by atoms with E-state index >= 15 is 0 Å². The Kier molecular flexibility index (Phi) is 10.4. The molecule has 1 aromatic carbocycles. The molecule has 1 unspecified atom stereocenters. The highest BCUT2D eigenvalue weighted by atomic mass is 32.2. The molecule has 2 aromatic rings. The van der Waals surface area contributed by atoms with Crippen LogP contribution >= 0.6 is 11.8 Å². The summed E-state index contributed by atoms with van der Waals surface area (Å²) in [7, 11) is 0. The van der Waals surface area contributed by atoms with Gasteiger partial charge in [0.25, 0.3) is 0 Å². The van der Waals surface area contributed by atoms with E-state index in [0.717, 1.165) is 50.4 Å². The zero-order chi connectivity index (χ0) is 21.1. The predicted molar refractivity (Wildman–Crippen MR) is 129 cm³/mol. The van der Waals surface area contributed by atoms with E-state index in [9.17, 15) is 0 Å². The highest BCUT2D eigenvalue weighted by Crippen LogP contribution is 2.38. The Labute approximate surface area is 182 Å². The average Bonchev–Trinajstić information content (AvgIpc) is 3.21. The van der Waals surface area contributed by atoms with Crippen molar-refractivity contribution in [1.29, 1.82) is 0 Å². The third-order valence-electron chi connectivity index (χ3n) is 4.95. The summed E-state index contributed by atoms with van der Waals surface area (Å²) in [5, 5.41) is 0.309. The van der Waals surface area contributed by atoms with E-state index in [1.807, 2.05) is 11.8 Å². The molecule has 1 heterocycles. The molecule has 0 saturated heterocycles. The number of furan rings is 1. The zero-order valence-electron chi connectivity index (χ0n) is 18.4. The highest BCUT2D eigenvalue weighted by molar-refractivity contribution is 8.03. The highest BCUT2D eigenvalue weighted by Gasteiger charge is 2.14. The summed E-state index contributed by atoms with van der Waals surface area (Å²) in [6.07, 6.45) is 6.11. The lowest BCUT2D eigenvalue weighted by atomic mass is 10.0. The number of ether oxygens (including phenoxy) is 1. The number of benzene rings is 1. The van der Waals surface area contributed by atoms with E-state index in [4.69, 9.17) is 9.15 Å². The second-order valence-electron chi connectivity index (χ2n) is 7.56. The quantitative estimate of drug-likeness (QED) is 0.243. The van der Waals surface area contributed by atoms with Crippen LogP contribution in [0.2, 0.25) is 0 Å². The van der Waals surface area contributed by atoms with E-state index < -0.39 is 0 Å². The number of hydrogen-bond donors (Lipinski definition) is 0. The fourth-order valence-corrected chi connectivity index (χ4v) is 4.41. The predicted octanol–water partition coefficient (Wildman–Crippen LogP) is 8.33. The second-order valence-corrected chi connectivity index (χ2v) is 9.03. The van der Waals surface area contributed by atoms with E-state index in [2.05, 4.69) is 82.8 Å². The van der Waals surface area contributed by atoms with Gasteiger partial charge in [0.15, 0.2) is 0 Å². The first kappa shape index (κ1) is 23.6. The minimum atomic E-state index is 0. The summed E-state index contributed by atoms with van der Waals surface area (Å²) < 4.78 is 11.9. The van der Waals surface area contributed by atoms with Gasteiger partial charge in [-0.05, 0) is 48.8 Å². The minimum Gasteiger partial charge on any atom is -0.465 e. The van der Waals surface area contributed by atoms with Crippen LogP contribution in [0.5, 0.6) is 0 Å². The van der Waals surface area contributed by atoms with E-state index in [-0.39, 0.29) is 1.43 Å². The molecule has 2 rings (SSSR count). The summed E-state index contributed by atoms with van der Waals surface area (Å²) in [5.74, 6) is 2.52. The van der Waals surface area contributed by atoms with Gasteiger partial charge in [0, 0.05) is 13.8 Å². The Balaban J connectivity index is 0.00000450. The van der Waals surface area contributed by atoms with Crippen molar-refractivity contribution in [3.05, 3.63) is 82.7 Å². The first-order chi connectivity index (χ1) is 14.0. The van der Waals surface area contributed by atoms with Crippen LogP contribution in [0.3, 0.4) is 0 Å².